The summed E-state index contributed by atoms with van der Waals surface area (Å²) >= 11 is 0. The molecule has 0 radical (unpaired) electrons. The van der Waals surface area contributed by atoms with Crippen molar-refractivity contribution in [1.82, 2.24) is 29.9 Å². The number of aromatic nitrogens is 5. The third-order valence-electron chi connectivity index (χ3n) is 5.85. The van der Waals surface area contributed by atoms with Gasteiger partial charge in [0, 0.05) is 43.2 Å². The van der Waals surface area contributed by atoms with Gasteiger partial charge in [-0.2, -0.15) is 15.3 Å². The number of fused-ring (bicyclic) bond motifs is 1. The second-order valence-electron chi connectivity index (χ2n) is 7.87. The first-order valence-corrected chi connectivity index (χ1v) is 10.3. The number of halogens is 1. The van der Waals surface area contributed by atoms with Crippen molar-refractivity contribution in [2.45, 2.75) is 12.8 Å². The van der Waals surface area contributed by atoms with Crippen molar-refractivity contribution < 1.29 is 9.84 Å². The van der Waals surface area contributed by atoms with Crippen LogP contribution >= 0.6 is 12.4 Å². The Bertz CT molecular complexity index is 1250. The maximum Gasteiger partial charge on any atom is 0.153 e. The molecule has 32 heavy (non-hydrogen) atoms. The zero-order valence-corrected chi connectivity index (χ0v) is 19.0. The van der Waals surface area contributed by atoms with Gasteiger partial charge in [-0.3, -0.25) is 4.68 Å². The van der Waals surface area contributed by atoms with Crippen molar-refractivity contribution in [3.8, 4) is 34.0 Å². The minimum Gasteiger partial charge on any atom is -0.507 e. The number of aromatic hydroxyl groups is 1. The molecule has 0 amide bonds. The van der Waals surface area contributed by atoms with Gasteiger partial charge in [0.15, 0.2) is 11.3 Å². The van der Waals surface area contributed by atoms with E-state index in [0.717, 1.165) is 36.4 Å². The van der Waals surface area contributed by atoms with Gasteiger partial charge in [0.05, 0.1) is 30.4 Å². The van der Waals surface area contributed by atoms with Crippen molar-refractivity contribution in [1.29, 1.82) is 0 Å². The van der Waals surface area contributed by atoms with E-state index in [2.05, 4.69) is 32.1 Å². The van der Waals surface area contributed by atoms with Crippen molar-refractivity contribution in [2.24, 2.45) is 7.05 Å². The summed E-state index contributed by atoms with van der Waals surface area (Å²) in [6.07, 6.45) is 1.84. The first kappa shape index (κ1) is 22.0. The molecular weight excluding hydrogens is 428 g/mol. The molecule has 0 atom stereocenters. The summed E-state index contributed by atoms with van der Waals surface area (Å²) < 4.78 is 7.19. The van der Waals surface area contributed by atoms with Crippen LogP contribution in [0, 0.1) is 0 Å². The van der Waals surface area contributed by atoms with Crippen LogP contribution in [0.3, 0.4) is 0 Å². The Morgan fingerprint density at radius 1 is 1.09 bits per heavy atom. The van der Waals surface area contributed by atoms with E-state index in [0.29, 0.717) is 34.1 Å². The normalized spacial score (nSPS) is 14.2. The molecular formula is C23H25ClN6O2. The van der Waals surface area contributed by atoms with Gasteiger partial charge < -0.3 is 14.7 Å². The summed E-state index contributed by atoms with van der Waals surface area (Å²) in [5.74, 6) is 1.22. The fourth-order valence-corrected chi connectivity index (χ4v) is 4.02. The number of ether oxygens (including phenoxy) is 1. The number of phenolic OH excluding ortho intramolecular Hbond substituents is 1. The molecule has 0 saturated carbocycles. The lowest BCUT2D eigenvalue weighted by molar-refractivity contribution is 0.154. The molecule has 0 unspecified atom stereocenters. The average Bonchev–Trinajstić information content (AvgIpc) is 3.13. The van der Waals surface area contributed by atoms with E-state index in [1.165, 1.54) is 0 Å². The molecule has 166 valence electrons. The standard InChI is InChI=1S/C23H24N6O2.ClH/c1-4-29-11-15(12-29)17-7-8-18(26-25-17)16-6-5-14(9-21(16)30)19-10-22(31-3)23-20(24-19)13-28(2)27-23;/h5-10,13,15,30H,4,11-12H2,1-3H3;1H. The predicted molar refractivity (Wildman–Crippen MR) is 125 cm³/mol. The highest BCUT2D eigenvalue weighted by Gasteiger charge is 2.28. The van der Waals surface area contributed by atoms with E-state index < -0.39 is 0 Å². The van der Waals surface area contributed by atoms with Gasteiger partial charge in [-0.05, 0) is 30.8 Å². The summed E-state index contributed by atoms with van der Waals surface area (Å²) in [5, 5.41) is 23.9. The summed E-state index contributed by atoms with van der Waals surface area (Å²) in [5.41, 5.74) is 5.22. The van der Waals surface area contributed by atoms with Gasteiger partial charge in [-0.1, -0.05) is 13.0 Å². The van der Waals surface area contributed by atoms with E-state index in [1.54, 1.807) is 17.9 Å². The fourth-order valence-electron chi connectivity index (χ4n) is 4.02. The number of likely N-dealkylation sites (N-methyl/N-ethyl adjacent to an activating group) is 1. The minimum atomic E-state index is 0. The fraction of sp³-hybridized carbons (Fsp3) is 0.304. The molecule has 1 N–H and O–H groups in total. The highest BCUT2D eigenvalue weighted by molar-refractivity contribution is 5.85. The maximum absolute atomic E-state index is 10.7. The van der Waals surface area contributed by atoms with Crippen LogP contribution in [0.25, 0.3) is 33.5 Å². The summed E-state index contributed by atoms with van der Waals surface area (Å²) in [7, 11) is 3.46. The van der Waals surface area contributed by atoms with Crippen molar-refractivity contribution >= 4 is 23.4 Å². The number of pyridine rings is 1. The number of rotatable bonds is 5. The molecule has 1 saturated heterocycles. The van der Waals surface area contributed by atoms with Gasteiger partial charge in [-0.15, -0.1) is 12.4 Å². The third-order valence-corrected chi connectivity index (χ3v) is 5.85. The number of nitrogens with zero attached hydrogens (tertiary/aromatic N) is 6. The van der Waals surface area contributed by atoms with Crippen LogP contribution in [0.1, 0.15) is 18.5 Å². The summed E-state index contributed by atoms with van der Waals surface area (Å²) in [6.45, 7) is 5.29. The Hall–Kier alpha value is -3.23. The number of hydrogen-bond donors (Lipinski definition) is 1. The van der Waals surface area contributed by atoms with Crippen LogP contribution in [-0.4, -0.2) is 61.7 Å². The molecule has 4 heterocycles. The molecule has 4 aromatic rings. The Kier molecular flexibility index (Phi) is 5.99. The molecule has 1 aromatic carbocycles. The zero-order chi connectivity index (χ0) is 21.5. The average molecular weight is 453 g/mol. The number of methoxy groups -OCH3 is 1. The molecule has 0 spiro atoms. The number of benzene rings is 1. The quantitative estimate of drug-likeness (QED) is 0.494. The van der Waals surface area contributed by atoms with Gasteiger partial charge in [0.1, 0.15) is 11.3 Å². The van der Waals surface area contributed by atoms with E-state index in [4.69, 9.17) is 4.74 Å². The Morgan fingerprint density at radius 3 is 2.56 bits per heavy atom. The highest BCUT2D eigenvalue weighted by atomic mass is 35.5. The van der Waals surface area contributed by atoms with Crippen LogP contribution in [0.15, 0.2) is 42.6 Å². The minimum absolute atomic E-state index is 0. The smallest absolute Gasteiger partial charge is 0.153 e. The molecule has 0 bridgehead atoms. The monoisotopic (exact) mass is 452 g/mol. The van der Waals surface area contributed by atoms with Crippen molar-refractivity contribution in [2.75, 3.05) is 26.7 Å². The molecule has 1 aliphatic rings. The number of phenols is 1. The van der Waals surface area contributed by atoms with E-state index in [-0.39, 0.29) is 18.2 Å². The van der Waals surface area contributed by atoms with Crippen LogP contribution in [0.5, 0.6) is 11.5 Å². The van der Waals surface area contributed by atoms with Crippen molar-refractivity contribution in [3.05, 3.63) is 48.3 Å². The number of likely N-dealkylation sites (tertiary alicyclic amines) is 1. The lowest BCUT2D eigenvalue weighted by Gasteiger charge is -2.37. The lowest BCUT2D eigenvalue weighted by atomic mass is 9.96. The highest BCUT2D eigenvalue weighted by Crippen LogP contribution is 2.35. The van der Waals surface area contributed by atoms with Crippen LogP contribution < -0.4 is 4.74 Å². The van der Waals surface area contributed by atoms with Gasteiger partial charge in [0.25, 0.3) is 0 Å². The number of aryl methyl sites for hydroxylation is 1. The molecule has 3 aromatic heterocycles. The second kappa shape index (κ2) is 8.72. The zero-order valence-electron chi connectivity index (χ0n) is 18.2. The molecule has 5 rings (SSSR count). The lowest BCUT2D eigenvalue weighted by Crippen LogP contribution is -2.44. The van der Waals surface area contributed by atoms with Gasteiger partial charge >= 0.3 is 0 Å². The Balaban J connectivity index is 0.00000245. The van der Waals surface area contributed by atoms with Crippen molar-refractivity contribution in [3.63, 3.8) is 0 Å². The second-order valence-corrected chi connectivity index (χ2v) is 7.87. The summed E-state index contributed by atoms with van der Waals surface area (Å²) in [6, 6.07) is 11.2. The topological polar surface area (TPSA) is 89.2 Å². The van der Waals surface area contributed by atoms with E-state index in [9.17, 15) is 5.11 Å². The summed E-state index contributed by atoms with van der Waals surface area (Å²) in [4.78, 5) is 7.04. The van der Waals surface area contributed by atoms with Crippen LogP contribution in [0.2, 0.25) is 0 Å². The van der Waals surface area contributed by atoms with E-state index >= 15 is 0 Å². The Morgan fingerprint density at radius 2 is 1.91 bits per heavy atom. The van der Waals surface area contributed by atoms with Gasteiger partial charge in [-0.25, -0.2) is 4.98 Å². The first-order chi connectivity index (χ1) is 15.1. The Labute approximate surface area is 192 Å². The SMILES string of the molecule is CCN1CC(c2ccc(-c3ccc(-c4cc(OC)c5nn(C)cc5n4)cc3O)nn2)C1.Cl. The van der Waals surface area contributed by atoms with Crippen LogP contribution in [-0.2, 0) is 7.05 Å². The molecule has 9 heteroatoms. The van der Waals surface area contributed by atoms with Crippen LogP contribution in [0.4, 0.5) is 0 Å². The predicted octanol–water partition coefficient (Wildman–Crippen LogP) is 3.65. The largest absolute Gasteiger partial charge is 0.507 e. The first-order valence-electron chi connectivity index (χ1n) is 10.3. The number of hydrogen-bond acceptors (Lipinski definition) is 7. The molecule has 8 nitrogen and oxygen atoms in total. The molecule has 1 fully saturated rings. The van der Waals surface area contributed by atoms with E-state index in [1.807, 2.05) is 43.6 Å². The molecule has 1 aliphatic heterocycles. The third kappa shape index (κ3) is 3.87. The maximum atomic E-state index is 10.7. The van der Waals surface area contributed by atoms with Gasteiger partial charge in [0.2, 0.25) is 0 Å². The molecule has 0 aliphatic carbocycles.